The van der Waals surface area contributed by atoms with Crippen LogP contribution in [0.2, 0.25) is 0 Å². The molecule has 1 heterocycles. The summed E-state index contributed by atoms with van der Waals surface area (Å²) in [6, 6.07) is 0.496. The van der Waals surface area contributed by atoms with Gasteiger partial charge in [-0.2, -0.15) is 0 Å². The van der Waals surface area contributed by atoms with Gasteiger partial charge in [-0.15, -0.1) is 0 Å². The Hall–Kier alpha value is -0.570. The lowest BCUT2D eigenvalue weighted by atomic mass is 10.00. The van der Waals surface area contributed by atoms with E-state index < -0.39 is 0 Å². The highest BCUT2D eigenvalue weighted by molar-refractivity contribution is 5.76. The smallest absolute Gasteiger partial charge is 0.223 e. The summed E-state index contributed by atoms with van der Waals surface area (Å²) >= 11 is 0. The lowest BCUT2D eigenvalue weighted by Crippen LogP contribution is -2.46. The first-order valence-electron chi connectivity index (χ1n) is 7.31. The van der Waals surface area contributed by atoms with Gasteiger partial charge in [-0.25, -0.2) is 0 Å². The number of nitrogens with one attached hydrogen (secondary N) is 1. The molecular weight excluding hydrogens is 212 g/mol. The largest absolute Gasteiger partial charge is 0.340 e. The molecule has 1 amide bonds. The number of rotatable bonds is 4. The number of hydrogen-bond donors (Lipinski definition) is 1. The van der Waals surface area contributed by atoms with Crippen molar-refractivity contribution < 1.29 is 4.79 Å². The molecule has 0 radical (unpaired) electrons. The zero-order chi connectivity index (χ0) is 12.1. The van der Waals surface area contributed by atoms with E-state index in [1.807, 2.05) is 0 Å². The van der Waals surface area contributed by atoms with Gasteiger partial charge >= 0.3 is 0 Å². The lowest BCUT2D eigenvalue weighted by molar-refractivity contribution is -0.134. The van der Waals surface area contributed by atoms with Gasteiger partial charge in [-0.1, -0.05) is 12.8 Å². The van der Waals surface area contributed by atoms with E-state index in [1.54, 1.807) is 0 Å². The molecule has 0 unspecified atom stereocenters. The van der Waals surface area contributed by atoms with Gasteiger partial charge in [-0.05, 0) is 51.6 Å². The van der Waals surface area contributed by atoms with Gasteiger partial charge in [0.2, 0.25) is 5.91 Å². The third-order valence-corrected chi connectivity index (χ3v) is 4.35. The Morgan fingerprint density at radius 2 is 1.82 bits per heavy atom. The van der Waals surface area contributed by atoms with Gasteiger partial charge < -0.3 is 10.2 Å². The van der Waals surface area contributed by atoms with Crippen molar-refractivity contribution in [2.75, 3.05) is 19.6 Å². The third-order valence-electron chi connectivity index (χ3n) is 4.35. The molecule has 0 aromatic carbocycles. The first kappa shape index (κ1) is 12.9. The first-order valence-corrected chi connectivity index (χ1v) is 7.31. The summed E-state index contributed by atoms with van der Waals surface area (Å²) in [5.74, 6) is 1.09. The Morgan fingerprint density at radius 3 is 2.41 bits per heavy atom. The monoisotopic (exact) mass is 238 g/mol. The van der Waals surface area contributed by atoms with Crippen molar-refractivity contribution in [1.82, 2.24) is 10.2 Å². The van der Waals surface area contributed by atoms with Gasteiger partial charge in [0, 0.05) is 19.0 Å². The normalized spacial score (nSPS) is 22.9. The standard InChI is InChI=1S/C14H26N2O/c1-2-16(13-7-9-15-10-8-13)14(17)11-12-5-3-4-6-12/h12-13,15H,2-11H2,1H3. The third kappa shape index (κ3) is 3.44. The minimum Gasteiger partial charge on any atom is -0.340 e. The van der Waals surface area contributed by atoms with Crippen LogP contribution in [0, 0.1) is 5.92 Å². The zero-order valence-corrected chi connectivity index (χ0v) is 11.1. The van der Waals surface area contributed by atoms with Gasteiger partial charge in [0.25, 0.3) is 0 Å². The van der Waals surface area contributed by atoms with Crippen LogP contribution in [0.5, 0.6) is 0 Å². The van der Waals surface area contributed by atoms with Crippen molar-refractivity contribution in [3.8, 4) is 0 Å². The average molecular weight is 238 g/mol. The quantitative estimate of drug-likeness (QED) is 0.814. The van der Waals surface area contributed by atoms with E-state index in [4.69, 9.17) is 0 Å². The van der Waals surface area contributed by atoms with E-state index in [9.17, 15) is 4.79 Å². The first-order chi connectivity index (χ1) is 8.31. The maximum atomic E-state index is 12.3. The molecule has 1 saturated heterocycles. The summed E-state index contributed by atoms with van der Waals surface area (Å²) in [6.07, 6.45) is 8.27. The highest BCUT2D eigenvalue weighted by Gasteiger charge is 2.26. The van der Waals surface area contributed by atoms with Crippen molar-refractivity contribution in [3.05, 3.63) is 0 Å². The van der Waals surface area contributed by atoms with Crippen LogP contribution in [0.1, 0.15) is 51.9 Å². The maximum Gasteiger partial charge on any atom is 0.223 e. The molecule has 3 heteroatoms. The number of amides is 1. The fraction of sp³-hybridized carbons (Fsp3) is 0.929. The molecule has 3 nitrogen and oxygen atoms in total. The molecule has 98 valence electrons. The van der Waals surface area contributed by atoms with E-state index in [1.165, 1.54) is 25.7 Å². The summed E-state index contributed by atoms with van der Waals surface area (Å²) in [7, 11) is 0. The number of nitrogens with zero attached hydrogens (tertiary/aromatic N) is 1. The Bertz CT molecular complexity index is 243. The molecule has 0 aromatic rings. The Kier molecular flexibility index (Phi) is 4.84. The van der Waals surface area contributed by atoms with E-state index in [0.29, 0.717) is 17.9 Å². The molecule has 0 aromatic heterocycles. The van der Waals surface area contributed by atoms with E-state index in [2.05, 4.69) is 17.1 Å². The van der Waals surface area contributed by atoms with Crippen molar-refractivity contribution in [3.63, 3.8) is 0 Å². The second-order valence-electron chi connectivity index (χ2n) is 5.52. The van der Waals surface area contributed by atoms with Gasteiger partial charge in [0.1, 0.15) is 0 Å². The number of piperidine rings is 1. The molecule has 1 N–H and O–H groups in total. The Balaban J connectivity index is 1.84. The molecule has 17 heavy (non-hydrogen) atoms. The lowest BCUT2D eigenvalue weighted by Gasteiger charge is -2.34. The molecule has 1 aliphatic carbocycles. The van der Waals surface area contributed by atoms with Crippen LogP contribution in [-0.2, 0) is 4.79 Å². The molecule has 1 aliphatic heterocycles. The maximum absolute atomic E-state index is 12.3. The second kappa shape index (κ2) is 6.39. The van der Waals surface area contributed by atoms with Crippen molar-refractivity contribution >= 4 is 5.91 Å². The van der Waals surface area contributed by atoms with Crippen LogP contribution in [-0.4, -0.2) is 36.5 Å². The van der Waals surface area contributed by atoms with Crippen molar-refractivity contribution in [2.24, 2.45) is 5.92 Å². The molecule has 2 rings (SSSR count). The van der Waals surface area contributed by atoms with Crippen LogP contribution in [0.3, 0.4) is 0 Å². The predicted molar refractivity (Wildman–Crippen MR) is 69.9 cm³/mol. The van der Waals surface area contributed by atoms with Crippen LogP contribution in [0.15, 0.2) is 0 Å². The number of hydrogen-bond acceptors (Lipinski definition) is 2. The molecule has 2 aliphatic rings. The van der Waals surface area contributed by atoms with E-state index in [0.717, 1.165) is 38.9 Å². The molecule has 1 saturated carbocycles. The van der Waals surface area contributed by atoms with Crippen LogP contribution >= 0.6 is 0 Å². The van der Waals surface area contributed by atoms with Crippen molar-refractivity contribution in [2.45, 2.75) is 57.9 Å². The summed E-state index contributed by atoms with van der Waals surface area (Å²) in [5.41, 5.74) is 0. The predicted octanol–water partition coefficient (Wildman–Crippen LogP) is 2.17. The molecule has 0 bridgehead atoms. The fourth-order valence-corrected chi connectivity index (χ4v) is 3.34. The molecule has 0 atom stereocenters. The summed E-state index contributed by atoms with van der Waals surface area (Å²) in [6.45, 7) is 5.14. The van der Waals surface area contributed by atoms with Gasteiger partial charge in [0.05, 0.1) is 0 Å². The highest BCUT2D eigenvalue weighted by Crippen LogP contribution is 2.28. The molecule has 2 fully saturated rings. The van der Waals surface area contributed by atoms with Gasteiger partial charge in [-0.3, -0.25) is 4.79 Å². The zero-order valence-electron chi connectivity index (χ0n) is 11.1. The van der Waals surface area contributed by atoms with E-state index >= 15 is 0 Å². The van der Waals surface area contributed by atoms with Crippen LogP contribution in [0.25, 0.3) is 0 Å². The van der Waals surface area contributed by atoms with Crippen molar-refractivity contribution in [1.29, 1.82) is 0 Å². The van der Waals surface area contributed by atoms with Gasteiger partial charge in [0.15, 0.2) is 0 Å². The topological polar surface area (TPSA) is 32.3 Å². The van der Waals surface area contributed by atoms with Crippen LogP contribution < -0.4 is 5.32 Å². The van der Waals surface area contributed by atoms with E-state index in [-0.39, 0.29) is 0 Å². The highest BCUT2D eigenvalue weighted by atomic mass is 16.2. The second-order valence-corrected chi connectivity index (χ2v) is 5.52. The Labute approximate surface area is 105 Å². The minimum absolute atomic E-state index is 0.409. The SMILES string of the molecule is CCN(C(=O)CC1CCCC1)C1CCNCC1. The molecular formula is C14H26N2O. The average Bonchev–Trinajstić information content (AvgIpc) is 2.84. The minimum atomic E-state index is 0.409. The summed E-state index contributed by atoms with van der Waals surface area (Å²) in [5, 5.41) is 3.37. The molecule has 0 spiro atoms. The Morgan fingerprint density at radius 1 is 1.18 bits per heavy atom. The summed E-state index contributed by atoms with van der Waals surface area (Å²) < 4.78 is 0. The fourth-order valence-electron chi connectivity index (χ4n) is 3.34. The number of carbonyl (C=O) groups is 1. The number of carbonyl (C=O) groups excluding carboxylic acids is 1. The summed E-state index contributed by atoms with van der Waals surface area (Å²) in [4.78, 5) is 14.5. The van der Waals surface area contributed by atoms with Crippen LogP contribution in [0.4, 0.5) is 0 Å².